The van der Waals surface area contributed by atoms with E-state index in [9.17, 15) is 9.18 Å². The third-order valence-electron chi connectivity index (χ3n) is 2.98. The van der Waals surface area contributed by atoms with Gasteiger partial charge in [0.05, 0.1) is 17.8 Å². The Hall–Kier alpha value is -2.43. The summed E-state index contributed by atoms with van der Waals surface area (Å²) in [6.45, 7) is 1.90. The van der Waals surface area contributed by atoms with E-state index < -0.39 is 11.7 Å². The Morgan fingerprint density at radius 2 is 2.15 bits per heavy atom. The Bertz CT molecular complexity index is 629. The lowest BCUT2D eigenvalue weighted by molar-refractivity contribution is 0.0778. The van der Waals surface area contributed by atoms with Crippen LogP contribution in [0.15, 0.2) is 36.5 Å². The molecule has 0 radical (unpaired) electrons. The van der Waals surface area contributed by atoms with E-state index in [1.807, 2.05) is 12.1 Å². The number of aryl methyl sites for hydroxylation is 1. The van der Waals surface area contributed by atoms with E-state index in [1.54, 1.807) is 26.2 Å². The monoisotopic (exact) mass is 273 g/mol. The maximum absolute atomic E-state index is 14.0. The molecular weight excluding hydrogens is 257 g/mol. The van der Waals surface area contributed by atoms with Gasteiger partial charge in [-0.25, -0.2) is 4.39 Å². The number of anilines is 1. The number of hydrogen-bond acceptors (Lipinski definition) is 3. The van der Waals surface area contributed by atoms with Crippen LogP contribution in [0.5, 0.6) is 0 Å². The van der Waals surface area contributed by atoms with Gasteiger partial charge in [-0.05, 0) is 36.8 Å². The van der Waals surface area contributed by atoms with E-state index >= 15 is 0 Å². The first-order valence-electron chi connectivity index (χ1n) is 6.20. The molecule has 0 unspecified atom stereocenters. The normalized spacial score (nSPS) is 10.3. The van der Waals surface area contributed by atoms with Crippen LogP contribution in [0, 0.1) is 12.7 Å². The molecule has 20 heavy (non-hydrogen) atoms. The first-order valence-corrected chi connectivity index (χ1v) is 6.20. The van der Waals surface area contributed by atoms with Crippen molar-refractivity contribution in [1.29, 1.82) is 0 Å². The fraction of sp³-hybridized carbons (Fsp3) is 0.200. The molecule has 0 atom stereocenters. The highest BCUT2D eigenvalue weighted by molar-refractivity contribution is 5.95. The predicted octanol–water partition coefficient (Wildman–Crippen LogP) is 2.38. The number of halogens is 1. The molecule has 104 valence electrons. The van der Waals surface area contributed by atoms with Crippen LogP contribution in [0.3, 0.4) is 0 Å². The zero-order valence-electron chi connectivity index (χ0n) is 11.4. The molecule has 0 bridgehead atoms. The number of nitrogens with two attached hydrogens (primary N) is 1. The molecule has 4 nitrogen and oxygen atoms in total. The largest absolute Gasteiger partial charge is 0.399 e. The summed E-state index contributed by atoms with van der Waals surface area (Å²) in [4.78, 5) is 17.8. The van der Waals surface area contributed by atoms with Crippen LogP contribution in [0.25, 0.3) is 0 Å². The molecule has 2 rings (SSSR count). The minimum Gasteiger partial charge on any atom is -0.399 e. The second-order valence-electron chi connectivity index (χ2n) is 4.68. The van der Waals surface area contributed by atoms with Gasteiger partial charge < -0.3 is 10.6 Å². The molecule has 5 heteroatoms. The molecule has 2 N–H and O–H groups in total. The number of nitrogens with zero attached hydrogens (tertiary/aromatic N) is 2. The van der Waals surface area contributed by atoms with Crippen molar-refractivity contribution in [3.63, 3.8) is 0 Å². The smallest absolute Gasteiger partial charge is 0.257 e. The molecule has 2 aromatic rings. The van der Waals surface area contributed by atoms with Crippen molar-refractivity contribution in [2.75, 3.05) is 12.8 Å². The van der Waals surface area contributed by atoms with Crippen LogP contribution >= 0.6 is 0 Å². The van der Waals surface area contributed by atoms with Gasteiger partial charge in [0.15, 0.2) is 0 Å². The maximum atomic E-state index is 14.0. The summed E-state index contributed by atoms with van der Waals surface area (Å²) >= 11 is 0. The Kier molecular flexibility index (Phi) is 3.98. The Labute approximate surface area is 117 Å². The van der Waals surface area contributed by atoms with Crippen molar-refractivity contribution < 1.29 is 9.18 Å². The first kappa shape index (κ1) is 14.0. The molecule has 1 heterocycles. The third-order valence-corrected chi connectivity index (χ3v) is 2.98. The van der Waals surface area contributed by atoms with E-state index in [2.05, 4.69) is 4.98 Å². The van der Waals surface area contributed by atoms with Crippen molar-refractivity contribution in [3.8, 4) is 0 Å². The molecule has 0 fully saturated rings. The topological polar surface area (TPSA) is 59.2 Å². The Morgan fingerprint density at radius 3 is 2.80 bits per heavy atom. The van der Waals surface area contributed by atoms with Gasteiger partial charge in [0, 0.05) is 18.9 Å². The van der Waals surface area contributed by atoms with Crippen LogP contribution in [0.2, 0.25) is 0 Å². The van der Waals surface area contributed by atoms with E-state index in [0.717, 1.165) is 5.69 Å². The number of pyridine rings is 1. The minimum absolute atomic E-state index is 0.0130. The average molecular weight is 273 g/mol. The summed E-state index contributed by atoms with van der Waals surface area (Å²) in [6, 6.07) is 8.31. The summed E-state index contributed by atoms with van der Waals surface area (Å²) in [5.41, 5.74) is 7.13. The molecule has 0 aliphatic rings. The van der Waals surface area contributed by atoms with E-state index in [-0.39, 0.29) is 5.56 Å². The van der Waals surface area contributed by atoms with Gasteiger partial charge in [-0.15, -0.1) is 0 Å². The van der Waals surface area contributed by atoms with Gasteiger partial charge in [-0.3, -0.25) is 9.78 Å². The summed E-state index contributed by atoms with van der Waals surface area (Å²) in [5, 5.41) is 0. The Morgan fingerprint density at radius 1 is 1.40 bits per heavy atom. The molecule has 0 saturated heterocycles. The average Bonchev–Trinajstić information content (AvgIpc) is 2.43. The van der Waals surface area contributed by atoms with E-state index in [1.165, 1.54) is 17.0 Å². The van der Waals surface area contributed by atoms with Crippen molar-refractivity contribution in [2.24, 2.45) is 0 Å². The number of carbonyl (C=O) groups is 1. The number of rotatable bonds is 3. The number of benzene rings is 1. The summed E-state index contributed by atoms with van der Waals surface area (Å²) < 4.78 is 14.0. The lowest BCUT2D eigenvalue weighted by atomic mass is 10.1. The number of nitrogen functional groups attached to an aromatic ring is 1. The molecule has 1 aromatic heterocycles. The zero-order valence-corrected chi connectivity index (χ0v) is 11.4. The molecular formula is C15H16FN3O. The molecule has 0 spiro atoms. The number of amides is 1. The van der Waals surface area contributed by atoms with Gasteiger partial charge in [0.1, 0.15) is 5.82 Å². The molecule has 0 saturated carbocycles. The molecule has 0 aliphatic heterocycles. The van der Waals surface area contributed by atoms with Gasteiger partial charge in [0.2, 0.25) is 0 Å². The van der Waals surface area contributed by atoms with Crippen molar-refractivity contribution in [2.45, 2.75) is 13.5 Å². The second kappa shape index (κ2) is 5.69. The zero-order chi connectivity index (χ0) is 14.7. The number of carbonyl (C=O) groups excluding carboxylic acids is 1. The second-order valence-corrected chi connectivity index (χ2v) is 4.68. The summed E-state index contributed by atoms with van der Waals surface area (Å²) in [6.07, 6.45) is 1.65. The van der Waals surface area contributed by atoms with Gasteiger partial charge in [-0.1, -0.05) is 6.07 Å². The molecule has 1 aromatic carbocycles. The van der Waals surface area contributed by atoms with Crippen LogP contribution in [0.4, 0.5) is 10.1 Å². The summed E-state index contributed by atoms with van der Waals surface area (Å²) in [7, 11) is 1.61. The predicted molar refractivity (Wildman–Crippen MR) is 75.6 cm³/mol. The van der Waals surface area contributed by atoms with Crippen molar-refractivity contribution >= 4 is 11.6 Å². The molecule has 0 aliphatic carbocycles. The van der Waals surface area contributed by atoms with Crippen LogP contribution in [-0.4, -0.2) is 22.8 Å². The van der Waals surface area contributed by atoms with Gasteiger partial charge in [0.25, 0.3) is 5.91 Å². The minimum atomic E-state index is -0.530. The highest BCUT2D eigenvalue weighted by Gasteiger charge is 2.18. The Balaban J connectivity index is 2.23. The third kappa shape index (κ3) is 2.93. The highest BCUT2D eigenvalue weighted by atomic mass is 19.1. The van der Waals surface area contributed by atoms with Gasteiger partial charge in [-0.2, -0.15) is 0 Å². The lowest BCUT2D eigenvalue weighted by Crippen LogP contribution is -2.27. The fourth-order valence-corrected chi connectivity index (χ4v) is 1.97. The number of hydrogen-bond donors (Lipinski definition) is 1. The fourth-order valence-electron chi connectivity index (χ4n) is 1.97. The van der Waals surface area contributed by atoms with Crippen LogP contribution < -0.4 is 5.73 Å². The standard InChI is InChI=1S/C15H16FN3O/c1-10-7-11(17)8-13(14(10)16)15(20)19(2)9-12-5-3-4-6-18-12/h3-8H,9,17H2,1-2H3. The van der Waals surface area contributed by atoms with Crippen molar-refractivity contribution in [1.82, 2.24) is 9.88 Å². The lowest BCUT2D eigenvalue weighted by Gasteiger charge is -2.18. The van der Waals surface area contributed by atoms with Crippen LogP contribution in [-0.2, 0) is 6.54 Å². The maximum Gasteiger partial charge on any atom is 0.257 e. The van der Waals surface area contributed by atoms with Crippen molar-refractivity contribution in [3.05, 3.63) is 59.2 Å². The van der Waals surface area contributed by atoms with Crippen LogP contribution in [0.1, 0.15) is 21.6 Å². The van der Waals surface area contributed by atoms with Gasteiger partial charge >= 0.3 is 0 Å². The highest BCUT2D eigenvalue weighted by Crippen LogP contribution is 2.19. The quantitative estimate of drug-likeness (QED) is 0.873. The van der Waals surface area contributed by atoms with E-state index in [4.69, 9.17) is 5.73 Å². The summed E-state index contributed by atoms with van der Waals surface area (Å²) in [5.74, 6) is -0.944. The van der Waals surface area contributed by atoms with E-state index in [0.29, 0.717) is 17.8 Å². The number of aromatic nitrogens is 1. The SMILES string of the molecule is Cc1cc(N)cc(C(=O)N(C)Cc2ccccn2)c1F. The first-order chi connectivity index (χ1) is 9.49. The molecule has 1 amide bonds.